The Labute approximate surface area is 145 Å². The summed E-state index contributed by atoms with van der Waals surface area (Å²) in [6, 6.07) is 5.41. The first kappa shape index (κ1) is 20.1. The monoisotopic (exact) mass is 337 g/mol. The highest BCUT2D eigenvalue weighted by atomic mass is 16.5. The van der Waals surface area contributed by atoms with Gasteiger partial charge in [0.2, 0.25) is 0 Å². The highest BCUT2D eigenvalue weighted by Crippen LogP contribution is 2.29. The lowest BCUT2D eigenvalue weighted by atomic mass is 10.2. The molecule has 0 saturated heterocycles. The summed E-state index contributed by atoms with van der Waals surface area (Å²) in [5, 5.41) is 16.6. The third kappa shape index (κ3) is 7.55. The summed E-state index contributed by atoms with van der Waals surface area (Å²) in [4.78, 5) is 4.51. The SMILES string of the molecule is CCCCOCCCNC(=NCc1cccc(OC)c1O)NCC. The molecule has 0 aromatic heterocycles. The highest BCUT2D eigenvalue weighted by molar-refractivity contribution is 5.79. The number of ether oxygens (including phenoxy) is 2. The summed E-state index contributed by atoms with van der Waals surface area (Å²) in [6.45, 7) is 7.72. The van der Waals surface area contributed by atoms with E-state index in [1.54, 1.807) is 6.07 Å². The van der Waals surface area contributed by atoms with Gasteiger partial charge in [0.15, 0.2) is 17.5 Å². The first-order valence-electron chi connectivity index (χ1n) is 8.67. The van der Waals surface area contributed by atoms with Crippen molar-refractivity contribution in [1.29, 1.82) is 0 Å². The van der Waals surface area contributed by atoms with Crippen LogP contribution in [0.5, 0.6) is 11.5 Å². The van der Waals surface area contributed by atoms with E-state index in [9.17, 15) is 5.11 Å². The number of benzene rings is 1. The first-order valence-corrected chi connectivity index (χ1v) is 8.67. The number of unbranched alkanes of at least 4 members (excludes halogenated alkanes) is 1. The van der Waals surface area contributed by atoms with Gasteiger partial charge in [-0.2, -0.15) is 0 Å². The van der Waals surface area contributed by atoms with Gasteiger partial charge in [-0.3, -0.25) is 0 Å². The highest BCUT2D eigenvalue weighted by Gasteiger charge is 2.07. The Hall–Kier alpha value is -1.95. The molecule has 0 bridgehead atoms. The molecular formula is C18H31N3O3. The molecule has 0 aliphatic carbocycles. The van der Waals surface area contributed by atoms with E-state index in [2.05, 4.69) is 22.5 Å². The van der Waals surface area contributed by atoms with Gasteiger partial charge in [-0.1, -0.05) is 25.5 Å². The number of rotatable bonds is 11. The fraction of sp³-hybridized carbons (Fsp3) is 0.611. The van der Waals surface area contributed by atoms with E-state index >= 15 is 0 Å². The lowest BCUT2D eigenvalue weighted by Gasteiger charge is -2.12. The van der Waals surface area contributed by atoms with Gasteiger partial charge < -0.3 is 25.2 Å². The topological polar surface area (TPSA) is 75.1 Å². The third-order valence-electron chi connectivity index (χ3n) is 3.45. The number of phenolic OH excluding ortho intramolecular Hbond substituents is 1. The molecule has 24 heavy (non-hydrogen) atoms. The van der Waals surface area contributed by atoms with Crippen LogP contribution in [-0.4, -0.2) is 44.5 Å². The zero-order chi connectivity index (χ0) is 17.6. The summed E-state index contributed by atoms with van der Waals surface area (Å²) in [6.07, 6.45) is 3.20. The van der Waals surface area contributed by atoms with Crippen LogP contribution in [-0.2, 0) is 11.3 Å². The Morgan fingerprint density at radius 2 is 1.96 bits per heavy atom. The zero-order valence-corrected chi connectivity index (χ0v) is 15.1. The minimum Gasteiger partial charge on any atom is -0.504 e. The number of phenols is 1. The molecular weight excluding hydrogens is 306 g/mol. The van der Waals surface area contributed by atoms with Gasteiger partial charge >= 0.3 is 0 Å². The molecule has 0 heterocycles. The molecule has 0 aliphatic heterocycles. The molecule has 6 heteroatoms. The van der Waals surface area contributed by atoms with Gasteiger partial charge in [0, 0.05) is 31.9 Å². The van der Waals surface area contributed by atoms with Crippen molar-refractivity contribution in [1.82, 2.24) is 10.6 Å². The molecule has 0 amide bonds. The van der Waals surface area contributed by atoms with E-state index in [0.29, 0.717) is 12.3 Å². The molecule has 0 fully saturated rings. The number of methoxy groups -OCH3 is 1. The number of nitrogens with zero attached hydrogens (tertiary/aromatic N) is 1. The summed E-state index contributed by atoms with van der Waals surface area (Å²) >= 11 is 0. The number of hydrogen-bond donors (Lipinski definition) is 3. The molecule has 0 atom stereocenters. The average Bonchev–Trinajstić information content (AvgIpc) is 2.59. The number of hydrogen-bond acceptors (Lipinski definition) is 4. The molecule has 1 rings (SSSR count). The molecule has 0 spiro atoms. The van der Waals surface area contributed by atoms with Crippen LogP contribution in [0.25, 0.3) is 0 Å². The lowest BCUT2D eigenvalue weighted by Crippen LogP contribution is -2.38. The van der Waals surface area contributed by atoms with E-state index < -0.39 is 0 Å². The normalized spacial score (nSPS) is 11.4. The second-order valence-corrected chi connectivity index (χ2v) is 5.41. The van der Waals surface area contributed by atoms with Gasteiger partial charge in [-0.15, -0.1) is 0 Å². The molecule has 6 nitrogen and oxygen atoms in total. The molecule has 0 saturated carbocycles. The fourth-order valence-electron chi connectivity index (χ4n) is 2.10. The number of guanidine groups is 1. The van der Waals surface area contributed by atoms with Gasteiger partial charge in [-0.05, 0) is 25.8 Å². The van der Waals surface area contributed by atoms with Crippen LogP contribution in [0.2, 0.25) is 0 Å². The fourth-order valence-corrected chi connectivity index (χ4v) is 2.10. The standard InChI is InChI=1S/C18H31N3O3/c1-4-6-12-24-13-8-11-20-18(19-5-2)21-14-15-9-7-10-16(23-3)17(15)22/h7,9-10,22H,4-6,8,11-14H2,1-3H3,(H2,19,20,21). The smallest absolute Gasteiger partial charge is 0.191 e. The molecule has 0 radical (unpaired) electrons. The van der Waals surface area contributed by atoms with Crippen LogP contribution in [0, 0.1) is 0 Å². The first-order chi connectivity index (χ1) is 11.7. The van der Waals surface area contributed by atoms with Crippen LogP contribution >= 0.6 is 0 Å². The number of aromatic hydroxyl groups is 1. The predicted molar refractivity (Wildman–Crippen MR) is 97.8 cm³/mol. The Balaban J connectivity index is 2.45. The molecule has 3 N–H and O–H groups in total. The Morgan fingerprint density at radius 3 is 2.67 bits per heavy atom. The molecule has 0 unspecified atom stereocenters. The van der Waals surface area contributed by atoms with E-state index in [1.807, 2.05) is 19.1 Å². The van der Waals surface area contributed by atoms with Crippen molar-refractivity contribution in [2.45, 2.75) is 39.7 Å². The van der Waals surface area contributed by atoms with E-state index in [4.69, 9.17) is 9.47 Å². The second kappa shape index (κ2) is 12.5. The number of nitrogens with one attached hydrogen (secondary N) is 2. The zero-order valence-electron chi connectivity index (χ0n) is 15.1. The Kier molecular flexibility index (Phi) is 10.4. The van der Waals surface area contributed by atoms with Crippen LogP contribution in [0.15, 0.2) is 23.2 Å². The molecule has 0 aliphatic rings. The van der Waals surface area contributed by atoms with Gasteiger partial charge in [0.25, 0.3) is 0 Å². The maximum Gasteiger partial charge on any atom is 0.191 e. The summed E-state index contributed by atoms with van der Waals surface area (Å²) in [7, 11) is 1.54. The maximum absolute atomic E-state index is 10.1. The molecule has 136 valence electrons. The summed E-state index contributed by atoms with van der Waals surface area (Å²) in [5.74, 6) is 1.34. The Morgan fingerprint density at radius 1 is 1.17 bits per heavy atom. The van der Waals surface area contributed by atoms with Gasteiger partial charge in [-0.25, -0.2) is 4.99 Å². The molecule has 1 aromatic carbocycles. The van der Waals surface area contributed by atoms with Gasteiger partial charge in [0.1, 0.15) is 0 Å². The van der Waals surface area contributed by atoms with Crippen molar-refractivity contribution in [3.8, 4) is 11.5 Å². The molecule has 1 aromatic rings. The van der Waals surface area contributed by atoms with Crippen molar-refractivity contribution in [2.75, 3.05) is 33.4 Å². The van der Waals surface area contributed by atoms with Crippen molar-refractivity contribution in [2.24, 2.45) is 4.99 Å². The van der Waals surface area contributed by atoms with Crippen LogP contribution in [0.3, 0.4) is 0 Å². The number of aliphatic imine (C=N–C) groups is 1. The van der Waals surface area contributed by atoms with E-state index in [1.165, 1.54) is 7.11 Å². The largest absolute Gasteiger partial charge is 0.504 e. The summed E-state index contributed by atoms with van der Waals surface area (Å²) in [5.41, 5.74) is 0.731. The third-order valence-corrected chi connectivity index (χ3v) is 3.45. The van der Waals surface area contributed by atoms with E-state index in [0.717, 1.165) is 57.1 Å². The van der Waals surface area contributed by atoms with Crippen molar-refractivity contribution >= 4 is 5.96 Å². The van der Waals surface area contributed by atoms with Crippen LogP contribution < -0.4 is 15.4 Å². The summed E-state index contributed by atoms with van der Waals surface area (Å²) < 4.78 is 10.7. The predicted octanol–water partition coefficient (Wildman–Crippen LogP) is 2.66. The van der Waals surface area contributed by atoms with Crippen LogP contribution in [0.1, 0.15) is 38.7 Å². The maximum atomic E-state index is 10.1. The minimum atomic E-state index is 0.143. The van der Waals surface area contributed by atoms with Crippen molar-refractivity contribution < 1.29 is 14.6 Å². The second-order valence-electron chi connectivity index (χ2n) is 5.41. The van der Waals surface area contributed by atoms with Crippen molar-refractivity contribution in [3.63, 3.8) is 0 Å². The average molecular weight is 337 g/mol. The van der Waals surface area contributed by atoms with Crippen molar-refractivity contribution in [3.05, 3.63) is 23.8 Å². The minimum absolute atomic E-state index is 0.143. The van der Waals surface area contributed by atoms with Gasteiger partial charge in [0.05, 0.1) is 13.7 Å². The lowest BCUT2D eigenvalue weighted by molar-refractivity contribution is 0.129. The number of para-hydroxylation sites is 1. The van der Waals surface area contributed by atoms with Crippen LogP contribution in [0.4, 0.5) is 0 Å². The quantitative estimate of drug-likeness (QED) is 0.329. The Bertz CT molecular complexity index is 492. The van der Waals surface area contributed by atoms with E-state index in [-0.39, 0.29) is 5.75 Å².